The van der Waals surface area contributed by atoms with Crippen molar-refractivity contribution < 1.29 is 4.79 Å². The van der Waals surface area contributed by atoms with Crippen LogP contribution in [0.25, 0.3) is 10.8 Å². The molecule has 0 aliphatic rings. The van der Waals surface area contributed by atoms with E-state index in [4.69, 9.17) is 11.6 Å². The van der Waals surface area contributed by atoms with Crippen LogP contribution in [0.1, 0.15) is 5.56 Å². The average Bonchev–Trinajstić information content (AvgIpc) is 2.18. The highest BCUT2D eigenvalue weighted by Gasteiger charge is 2.01. The molecule has 3 nitrogen and oxygen atoms in total. The largest absolute Gasteiger partial charge is 0.285 e. The monoisotopic (exact) mass is 191 g/mol. The second-order valence-electron chi connectivity index (χ2n) is 2.54. The highest BCUT2D eigenvalue weighted by molar-refractivity contribution is 6.34. The molecular weight excluding hydrogens is 188 g/mol. The maximum atomic E-state index is 10.3. The molecule has 0 spiro atoms. The van der Waals surface area contributed by atoms with Crippen molar-refractivity contribution in [3.8, 4) is 0 Å². The lowest BCUT2D eigenvalue weighted by molar-refractivity contribution is 0.563. The Bertz CT molecular complexity index is 470. The molecule has 1 heterocycles. The first kappa shape index (κ1) is 8.13. The molecule has 4 heteroatoms. The molecule has 0 saturated heterocycles. The Labute approximate surface area is 79.4 Å². The van der Waals surface area contributed by atoms with Crippen LogP contribution in [0, 0.1) is 0 Å². The predicted octanol–water partition coefficient (Wildman–Crippen LogP) is 1.74. The van der Waals surface area contributed by atoms with E-state index in [1.54, 1.807) is 30.7 Å². The van der Waals surface area contributed by atoms with Crippen LogP contribution in [0.15, 0.2) is 24.4 Å². The van der Waals surface area contributed by atoms with E-state index < -0.39 is 0 Å². The van der Waals surface area contributed by atoms with Crippen molar-refractivity contribution in [2.75, 3.05) is 0 Å². The molecule has 63 valence electrons. The van der Waals surface area contributed by atoms with Crippen molar-refractivity contribution in [3.63, 3.8) is 0 Å². The first-order valence-electron chi connectivity index (χ1n) is 3.60. The Morgan fingerprint density at radius 2 is 2.23 bits per heavy atom. The second-order valence-corrected chi connectivity index (χ2v) is 2.90. The van der Waals surface area contributed by atoms with Crippen molar-refractivity contribution in [2.24, 2.45) is 0 Å². The van der Waals surface area contributed by atoms with Crippen LogP contribution < -0.4 is 0 Å². The third-order valence-electron chi connectivity index (χ3n) is 1.73. The van der Waals surface area contributed by atoms with Crippen LogP contribution in [0.3, 0.4) is 0 Å². The Hall–Kier alpha value is -1.48. The molecule has 1 radical (unpaired) electrons. The van der Waals surface area contributed by atoms with Crippen molar-refractivity contribution in [3.05, 3.63) is 35.1 Å². The highest BCUT2D eigenvalue weighted by Crippen LogP contribution is 2.20. The van der Waals surface area contributed by atoms with E-state index in [0.717, 1.165) is 10.8 Å². The first-order chi connectivity index (χ1) is 6.31. The first-order valence-corrected chi connectivity index (χ1v) is 3.98. The van der Waals surface area contributed by atoms with Crippen LogP contribution in [0.5, 0.6) is 0 Å². The van der Waals surface area contributed by atoms with Crippen molar-refractivity contribution >= 4 is 28.7 Å². The Morgan fingerprint density at radius 3 is 3.00 bits per heavy atom. The molecule has 0 N–H and O–H groups in total. The average molecular weight is 192 g/mol. The highest BCUT2D eigenvalue weighted by atomic mass is 35.5. The van der Waals surface area contributed by atoms with Gasteiger partial charge < -0.3 is 0 Å². The predicted molar refractivity (Wildman–Crippen MR) is 49.3 cm³/mol. The van der Waals surface area contributed by atoms with Crippen LogP contribution in [-0.2, 0) is 4.79 Å². The number of halogens is 1. The molecule has 0 atom stereocenters. The number of nitrogens with zero attached hydrogens (tertiary/aromatic N) is 2. The fraction of sp³-hybridized carbons (Fsp3) is 0. The molecule has 1 aromatic heterocycles. The molecular formula is C9H4ClN2O. The smallest absolute Gasteiger partial charge is 0.233 e. The van der Waals surface area contributed by atoms with E-state index in [1.807, 2.05) is 0 Å². The number of carbonyl (C=O) groups excluding carboxylic acids is 1. The van der Waals surface area contributed by atoms with Gasteiger partial charge in [-0.15, -0.1) is 5.10 Å². The SMILES string of the molecule is O=[C]c1ccc2c(Cl)nncc2c1. The number of aromatic nitrogens is 2. The van der Waals surface area contributed by atoms with Crippen molar-refractivity contribution in [1.29, 1.82) is 0 Å². The van der Waals surface area contributed by atoms with Gasteiger partial charge in [-0.2, -0.15) is 5.10 Å². The number of hydrogen-bond donors (Lipinski definition) is 0. The Balaban J connectivity index is 2.79. The minimum absolute atomic E-state index is 0.343. The normalized spacial score (nSPS) is 10.2. The van der Waals surface area contributed by atoms with Gasteiger partial charge >= 0.3 is 0 Å². The van der Waals surface area contributed by atoms with E-state index in [-0.39, 0.29) is 0 Å². The zero-order valence-corrected chi connectivity index (χ0v) is 7.25. The van der Waals surface area contributed by atoms with Gasteiger partial charge in [0.25, 0.3) is 0 Å². The summed E-state index contributed by atoms with van der Waals surface area (Å²) in [6.07, 6.45) is 3.35. The van der Waals surface area contributed by atoms with Gasteiger partial charge in [-0.25, -0.2) is 0 Å². The number of fused-ring (bicyclic) bond motifs is 1. The quantitative estimate of drug-likeness (QED) is 0.690. The Kier molecular flexibility index (Phi) is 1.94. The van der Waals surface area contributed by atoms with Gasteiger partial charge in [0.05, 0.1) is 6.20 Å². The maximum absolute atomic E-state index is 10.3. The fourth-order valence-corrected chi connectivity index (χ4v) is 1.33. The minimum Gasteiger partial charge on any atom is -0.285 e. The third kappa shape index (κ3) is 1.38. The van der Waals surface area contributed by atoms with Crippen molar-refractivity contribution in [2.45, 2.75) is 0 Å². The molecule has 0 unspecified atom stereocenters. The molecule has 1 aromatic carbocycles. The second kappa shape index (κ2) is 3.11. The molecule has 0 aliphatic heterocycles. The summed E-state index contributed by atoms with van der Waals surface area (Å²) in [5.41, 5.74) is 0.483. The molecule has 0 saturated carbocycles. The lowest BCUT2D eigenvalue weighted by Crippen LogP contribution is -1.86. The number of rotatable bonds is 1. The van der Waals surface area contributed by atoms with Crippen LogP contribution in [-0.4, -0.2) is 16.5 Å². The molecule has 0 bridgehead atoms. The topological polar surface area (TPSA) is 42.9 Å². The van der Waals surface area contributed by atoms with Gasteiger partial charge in [-0.1, -0.05) is 23.7 Å². The summed E-state index contributed by atoms with van der Waals surface area (Å²) in [5, 5.41) is 9.28. The lowest BCUT2D eigenvalue weighted by atomic mass is 10.1. The van der Waals surface area contributed by atoms with Gasteiger partial charge in [-0.3, -0.25) is 4.79 Å². The molecule has 13 heavy (non-hydrogen) atoms. The van der Waals surface area contributed by atoms with Crippen LogP contribution in [0.4, 0.5) is 0 Å². The number of benzene rings is 1. The molecule has 2 rings (SSSR count). The zero-order chi connectivity index (χ0) is 9.26. The third-order valence-corrected chi connectivity index (χ3v) is 2.01. The van der Waals surface area contributed by atoms with Gasteiger partial charge in [0, 0.05) is 16.3 Å². The van der Waals surface area contributed by atoms with E-state index in [9.17, 15) is 4.79 Å². The summed E-state index contributed by atoms with van der Waals surface area (Å²) in [6, 6.07) is 5.04. The van der Waals surface area contributed by atoms with Crippen LogP contribution >= 0.6 is 11.6 Å². The van der Waals surface area contributed by atoms with Crippen molar-refractivity contribution in [1.82, 2.24) is 10.2 Å². The molecule has 0 fully saturated rings. The Morgan fingerprint density at radius 1 is 1.38 bits per heavy atom. The summed E-state index contributed by atoms with van der Waals surface area (Å²) >= 11 is 5.78. The van der Waals surface area contributed by atoms with E-state index in [0.29, 0.717) is 10.7 Å². The van der Waals surface area contributed by atoms with E-state index >= 15 is 0 Å². The summed E-state index contributed by atoms with van der Waals surface area (Å²) in [5.74, 6) is 0. The minimum atomic E-state index is 0.343. The fourth-order valence-electron chi connectivity index (χ4n) is 1.12. The van der Waals surface area contributed by atoms with Gasteiger partial charge in [-0.05, 0) is 6.07 Å². The summed E-state index contributed by atoms with van der Waals surface area (Å²) in [7, 11) is 0. The van der Waals surface area contributed by atoms with Gasteiger partial charge in [0.15, 0.2) is 5.15 Å². The number of hydrogen-bond acceptors (Lipinski definition) is 3. The van der Waals surface area contributed by atoms with E-state index in [1.165, 1.54) is 0 Å². The van der Waals surface area contributed by atoms with Crippen LogP contribution in [0.2, 0.25) is 5.15 Å². The van der Waals surface area contributed by atoms with Gasteiger partial charge in [0.2, 0.25) is 6.29 Å². The van der Waals surface area contributed by atoms with E-state index in [2.05, 4.69) is 10.2 Å². The molecule has 0 aliphatic carbocycles. The summed E-state index contributed by atoms with van der Waals surface area (Å²) < 4.78 is 0. The lowest BCUT2D eigenvalue weighted by Gasteiger charge is -1.97. The van der Waals surface area contributed by atoms with Gasteiger partial charge in [0.1, 0.15) is 0 Å². The summed E-state index contributed by atoms with van der Waals surface area (Å²) in [6.45, 7) is 0. The maximum Gasteiger partial charge on any atom is 0.233 e. The zero-order valence-electron chi connectivity index (χ0n) is 6.49. The molecule has 2 aromatic rings. The summed E-state index contributed by atoms with van der Waals surface area (Å²) in [4.78, 5) is 10.3. The molecule has 0 amide bonds. The standard InChI is InChI=1S/C9H4ClN2O/c10-9-8-2-1-6(5-13)3-7(8)4-11-12-9/h1-4H.